The zero-order chi connectivity index (χ0) is 13.0. The molecule has 0 radical (unpaired) electrons. The van der Waals surface area contributed by atoms with Crippen LogP contribution in [0.1, 0.15) is 32.2 Å². The first-order chi connectivity index (χ1) is 8.70. The summed E-state index contributed by atoms with van der Waals surface area (Å²) in [5.74, 6) is 1.54. The van der Waals surface area contributed by atoms with Gasteiger partial charge in [0.15, 0.2) is 5.76 Å². The van der Waals surface area contributed by atoms with Crippen molar-refractivity contribution in [2.75, 3.05) is 6.54 Å². The Balaban J connectivity index is 2.15. The summed E-state index contributed by atoms with van der Waals surface area (Å²) in [5.41, 5.74) is 1.03. The van der Waals surface area contributed by atoms with Gasteiger partial charge in [0.2, 0.25) is 5.89 Å². The molecule has 0 aliphatic heterocycles. The maximum Gasteiger partial charge on any atom is 0.211 e. The van der Waals surface area contributed by atoms with Gasteiger partial charge in [0, 0.05) is 10.0 Å². The number of nitrogens with zero attached hydrogens (tertiary/aromatic N) is 1. The van der Waals surface area contributed by atoms with Gasteiger partial charge < -0.3 is 9.73 Å². The van der Waals surface area contributed by atoms with E-state index >= 15 is 0 Å². The number of halogens is 1. The van der Waals surface area contributed by atoms with E-state index in [9.17, 15) is 0 Å². The molecule has 0 fully saturated rings. The normalized spacial score (nSPS) is 12.6. The fourth-order valence-electron chi connectivity index (χ4n) is 1.71. The summed E-state index contributed by atoms with van der Waals surface area (Å²) in [6.07, 6.45) is 2.88. The van der Waals surface area contributed by atoms with Crippen molar-refractivity contribution in [3.05, 3.63) is 40.8 Å². The number of hydrogen-bond acceptors (Lipinski definition) is 3. The maximum atomic E-state index is 5.79. The summed E-state index contributed by atoms with van der Waals surface area (Å²) >= 11 is 3.45. The van der Waals surface area contributed by atoms with Gasteiger partial charge in [-0.1, -0.05) is 35.0 Å². The summed E-state index contributed by atoms with van der Waals surface area (Å²) in [5, 5.41) is 3.36. The highest BCUT2D eigenvalue weighted by Crippen LogP contribution is 2.25. The number of rotatable bonds is 5. The van der Waals surface area contributed by atoms with E-state index in [0.717, 1.165) is 34.7 Å². The molecule has 1 aromatic heterocycles. The van der Waals surface area contributed by atoms with Crippen molar-refractivity contribution in [2.24, 2.45) is 0 Å². The third-order valence-electron chi connectivity index (χ3n) is 2.70. The standard InChI is InChI=1S/C14H17BrN2O/c1-3-7-16-10(2)14-17-9-13(18-14)11-5-4-6-12(15)8-11/h4-6,8-10,16H,3,7H2,1-2H3. The first-order valence-electron chi connectivity index (χ1n) is 6.15. The molecule has 0 aliphatic rings. The van der Waals surface area contributed by atoms with E-state index in [-0.39, 0.29) is 6.04 Å². The minimum absolute atomic E-state index is 0.144. The molecule has 1 unspecified atom stereocenters. The monoisotopic (exact) mass is 308 g/mol. The van der Waals surface area contributed by atoms with Crippen LogP contribution < -0.4 is 5.32 Å². The Hall–Kier alpha value is -1.13. The van der Waals surface area contributed by atoms with Gasteiger partial charge in [-0.3, -0.25) is 0 Å². The fraction of sp³-hybridized carbons (Fsp3) is 0.357. The maximum absolute atomic E-state index is 5.79. The molecule has 96 valence electrons. The van der Waals surface area contributed by atoms with Crippen LogP contribution in [0.5, 0.6) is 0 Å². The van der Waals surface area contributed by atoms with Crippen molar-refractivity contribution < 1.29 is 4.42 Å². The molecule has 0 bridgehead atoms. The van der Waals surface area contributed by atoms with E-state index < -0.39 is 0 Å². The lowest BCUT2D eigenvalue weighted by molar-refractivity contribution is 0.423. The molecular formula is C14H17BrN2O. The molecule has 3 nitrogen and oxygen atoms in total. The number of hydrogen-bond donors (Lipinski definition) is 1. The molecule has 1 N–H and O–H groups in total. The van der Waals surface area contributed by atoms with Gasteiger partial charge in [-0.05, 0) is 32.0 Å². The molecule has 2 rings (SSSR count). The Morgan fingerprint density at radius 2 is 2.28 bits per heavy atom. The Labute approximate surface area is 116 Å². The molecule has 1 aromatic carbocycles. The highest BCUT2D eigenvalue weighted by atomic mass is 79.9. The molecule has 0 spiro atoms. The average molecular weight is 309 g/mol. The second kappa shape index (κ2) is 6.16. The SMILES string of the molecule is CCCNC(C)c1ncc(-c2cccc(Br)c2)o1. The van der Waals surface area contributed by atoms with E-state index in [1.807, 2.05) is 24.3 Å². The number of benzene rings is 1. The van der Waals surface area contributed by atoms with E-state index in [2.05, 4.69) is 40.1 Å². The molecule has 4 heteroatoms. The third-order valence-corrected chi connectivity index (χ3v) is 3.20. The van der Waals surface area contributed by atoms with Crippen molar-refractivity contribution in [3.8, 4) is 11.3 Å². The fourth-order valence-corrected chi connectivity index (χ4v) is 2.11. The molecular weight excluding hydrogens is 292 g/mol. The molecule has 0 saturated heterocycles. The van der Waals surface area contributed by atoms with Crippen LogP contribution in [0.3, 0.4) is 0 Å². The van der Waals surface area contributed by atoms with Crippen molar-refractivity contribution in [2.45, 2.75) is 26.3 Å². The van der Waals surface area contributed by atoms with E-state index in [1.165, 1.54) is 0 Å². The van der Waals surface area contributed by atoms with E-state index in [0.29, 0.717) is 0 Å². The minimum atomic E-state index is 0.144. The Bertz CT molecular complexity index is 510. The van der Waals surface area contributed by atoms with Crippen LogP contribution >= 0.6 is 15.9 Å². The van der Waals surface area contributed by atoms with Gasteiger partial charge >= 0.3 is 0 Å². The Kier molecular flexibility index (Phi) is 4.55. The number of nitrogens with one attached hydrogen (secondary N) is 1. The van der Waals surface area contributed by atoms with Crippen LogP contribution in [0.15, 0.2) is 39.4 Å². The largest absolute Gasteiger partial charge is 0.439 e. The first-order valence-corrected chi connectivity index (χ1v) is 6.95. The summed E-state index contributed by atoms with van der Waals surface area (Å²) < 4.78 is 6.83. The number of oxazole rings is 1. The van der Waals surface area contributed by atoms with Gasteiger partial charge in [0.05, 0.1) is 12.2 Å². The van der Waals surface area contributed by atoms with Crippen LogP contribution in [-0.4, -0.2) is 11.5 Å². The molecule has 0 amide bonds. The lowest BCUT2D eigenvalue weighted by Gasteiger charge is -2.08. The van der Waals surface area contributed by atoms with E-state index in [1.54, 1.807) is 6.20 Å². The minimum Gasteiger partial charge on any atom is -0.439 e. The summed E-state index contributed by atoms with van der Waals surface area (Å²) in [6.45, 7) is 5.17. The smallest absolute Gasteiger partial charge is 0.211 e. The van der Waals surface area contributed by atoms with Gasteiger partial charge in [0.1, 0.15) is 0 Å². The van der Waals surface area contributed by atoms with Crippen LogP contribution in [0.2, 0.25) is 0 Å². The van der Waals surface area contributed by atoms with Crippen LogP contribution in [-0.2, 0) is 0 Å². The highest BCUT2D eigenvalue weighted by molar-refractivity contribution is 9.10. The zero-order valence-electron chi connectivity index (χ0n) is 10.6. The van der Waals surface area contributed by atoms with Gasteiger partial charge in [-0.15, -0.1) is 0 Å². The molecule has 1 heterocycles. The zero-order valence-corrected chi connectivity index (χ0v) is 12.2. The predicted octanol–water partition coefficient (Wildman–Crippen LogP) is 4.16. The van der Waals surface area contributed by atoms with Gasteiger partial charge in [0.25, 0.3) is 0 Å². The second-order valence-electron chi connectivity index (χ2n) is 4.25. The number of aromatic nitrogens is 1. The van der Waals surface area contributed by atoms with Crippen molar-refractivity contribution in [3.63, 3.8) is 0 Å². The van der Waals surface area contributed by atoms with Gasteiger partial charge in [-0.2, -0.15) is 0 Å². The first kappa shape index (κ1) is 13.3. The predicted molar refractivity (Wildman–Crippen MR) is 76.3 cm³/mol. The summed E-state index contributed by atoms with van der Waals surface area (Å²) in [7, 11) is 0. The second-order valence-corrected chi connectivity index (χ2v) is 5.16. The molecule has 0 aliphatic carbocycles. The van der Waals surface area contributed by atoms with E-state index in [4.69, 9.17) is 4.42 Å². The molecule has 2 aromatic rings. The third kappa shape index (κ3) is 3.21. The lowest BCUT2D eigenvalue weighted by atomic mass is 10.2. The Morgan fingerprint density at radius 1 is 1.44 bits per heavy atom. The lowest BCUT2D eigenvalue weighted by Crippen LogP contribution is -2.19. The molecule has 18 heavy (non-hydrogen) atoms. The average Bonchev–Trinajstić information content (AvgIpc) is 2.85. The van der Waals surface area contributed by atoms with Crippen LogP contribution in [0.25, 0.3) is 11.3 Å². The van der Waals surface area contributed by atoms with Crippen LogP contribution in [0, 0.1) is 0 Å². The summed E-state index contributed by atoms with van der Waals surface area (Å²) in [4.78, 5) is 4.33. The summed E-state index contributed by atoms with van der Waals surface area (Å²) in [6, 6.07) is 8.16. The van der Waals surface area contributed by atoms with Gasteiger partial charge in [-0.25, -0.2) is 4.98 Å². The quantitative estimate of drug-likeness (QED) is 0.901. The van der Waals surface area contributed by atoms with Crippen LogP contribution in [0.4, 0.5) is 0 Å². The molecule has 1 atom stereocenters. The molecule has 0 saturated carbocycles. The highest BCUT2D eigenvalue weighted by Gasteiger charge is 2.12. The van der Waals surface area contributed by atoms with Crippen molar-refractivity contribution in [1.29, 1.82) is 0 Å². The topological polar surface area (TPSA) is 38.1 Å². The van der Waals surface area contributed by atoms with Crippen molar-refractivity contribution in [1.82, 2.24) is 10.3 Å². The Morgan fingerprint density at radius 3 is 3.00 bits per heavy atom. The van der Waals surface area contributed by atoms with Crippen molar-refractivity contribution >= 4 is 15.9 Å².